The summed E-state index contributed by atoms with van der Waals surface area (Å²) >= 11 is 0.894. The third-order valence-corrected chi connectivity index (χ3v) is 6.33. The van der Waals surface area contributed by atoms with Crippen LogP contribution in [0.25, 0.3) is 6.08 Å². The molecule has 1 N–H and O–H groups in total. The van der Waals surface area contributed by atoms with E-state index in [9.17, 15) is 9.59 Å². The Hall–Kier alpha value is -2.94. The standard InChI is InChI=1S/C22H25N5O3S/c1-30-19-7-3-6-16(24-19)5-2-4-15-9-12-27(13-10-15)21-23-11-8-17(25-21)14-18-20(28)26-22(29)31-18/h3,6-8,11,14-15H,2,4-5,9-10,12-13H2,1H3,(H,26,28,29)/b18-14-. The average molecular weight is 440 g/mol. The van der Waals surface area contributed by atoms with Gasteiger partial charge in [-0.25, -0.2) is 15.0 Å². The highest BCUT2D eigenvalue weighted by Gasteiger charge is 2.25. The number of rotatable bonds is 7. The van der Waals surface area contributed by atoms with Gasteiger partial charge in [-0.15, -0.1) is 0 Å². The molecule has 0 saturated carbocycles. The first kappa shape index (κ1) is 21.3. The molecule has 2 amide bonds. The van der Waals surface area contributed by atoms with E-state index in [-0.39, 0.29) is 11.1 Å². The predicted octanol–water partition coefficient (Wildman–Crippen LogP) is 3.44. The molecule has 162 valence electrons. The van der Waals surface area contributed by atoms with Crippen LogP contribution in [0.1, 0.15) is 37.1 Å². The molecule has 2 fully saturated rings. The number of pyridine rings is 1. The molecule has 2 aromatic heterocycles. The molecule has 9 heteroatoms. The molecule has 0 aromatic carbocycles. The van der Waals surface area contributed by atoms with Crippen molar-refractivity contribution in [2.24, 2.45) is 5.92 Å². The molecular weight excluding hydrogens is 414 g/mol. The second-order valence-electron chi connectivity index (χ2n) is 7.63. The number of hydrogen-bond acceptors (Lipinski definition) is 8. The van der Waals surface area contributed by atoms with Crippen LogP contribution in [0.4, 0.5) is 10.7 Å². The van der Waals surface area contributed by atoms with Gasteiger partial charge in [-0.05, 0) is 68.0 Å². The molecule has 2 aromatic rings. The molecule has 4 heterocycles. The van der Waals surface area contributed by atoms with Crippen molar-refractivity contribution >= 4 is 34.9 Å². The van der Waals surface area contributed by atoms with Crippen molar-refractivity contribution in [2.45, 2.75) is 32.1 Å². The Kier molecular flexibility index (Phi) is 6.81. The summed E-state index contributed by atoms with van der Waals surface area (Å²) in [5, 5.41) is 1.90. The number of piperidine rings is 1. The predicted molar refractivity (Wildman–Crippen MR) is 120 cm³/mol. The molecule has 31 heavy (non-hydrogen) atoms. The smallest absolute Gasteiger partial charge is 0.290 e. The summed E-state index contributed by atoms with van der Waals surface area (Å²) in [5.41, 5.74) is 1.71. The topological polar surface area (TPSA) is 97.3 Å². The molecule has 0 radical (unpaired) electrons. The van der Waals surface area contributed by atoms with Crippen LogP contribution in [0.15, 0.2) is 35.4 Å². The summed E-state index contributed by atoms with van der Waals surface area (Å²) in [6, 6.07) is 7.65. The van der Waals surface area contributed by atoms with E-state index in [1.807, 2.05) is 18.2 Å². The number of aryl methyl sites for hydroxylation is 1. The minimum Gasteiger partial charge on any atom is -0.481 e. The maximum absolute atomic E-state index is 11.7. The lowest BCUT2D eigenvalue weighted by molar-refractivity contribution is -0.115. The molecule has 4 rings (SSSR count). The monoisotopic (exact) mass is 439 g/mol. The quantitative estimate of drug-likeness (QED) is 0.655. The van der Waals surface area contributed by atoms with Crippen molar-refractivity contribution in [2.75, 3.05) is 25.1 Å². The van der Waals surface area contributed by atoms with Gasteiger partial charge in [0.1, 0.15) is 0 Å². The van der Waals surface area contributed by atoms with Crippen LogP contribution >= 0.6 is 11.8 Å². The number of thioether (sulfide) groups is 1. The summed E-state index contributed by atoms with van der Waals surface area (Å²) in [5.74, 6) is 1.66. The van der Waals surface area contributed by atoms with Crippen LogP contribution in [0.2, 0.25) is 0 Å². The van der Waals surface area contributed by atoms with E-state index in [1.165, 1.54) is 6.42 Å². The molecule has 2 aliphatic heterocycles. The Morgan fingerprint density at radius 3 is 2.81 bits per heavy atom. The van der Waals surface area contributed by atoms with Crippen LogP contribution in [0, 0.1) is 5.92 Å². The minimum atomic E-state index is -0.375. The summed E-state index contributed by atoms with van der Waals surface area (Å²) in [4.78, 5) is 39.1. The van der Waals surface area contributed by atoms with E-state index in [1.54, 1.807) is 25.4 Å². The largest absolute Gasteiger partial charge is 0.481 e. The third kappa shape index (κ3) is 5.61. The van der Waals surface area contributed by atoms with E-state index in [0.717, 1.165) is 56.2 Å². The van der Waals surface area contributed by atoms with Crippen LogP contribution in [-0.2, 0) is 11.2 Å². The first-order valence-corrected chi connectivity index (χ1v) is 11.2. The number of nitrogens with zero attached hydrogens (tertiary/aromatic N) is 4. The number of anilines is 1. The molecule has 0 unspecified atom stereocenters. The van der Waals surface area contributed by atoms with Gasteiger partial charge in [0.05, 0.1) is 17.7 Å². The van der Waals surface area contributed by atoms with Gasteiger partial charge in [0.15, 0.2) is 0 Å². The van der Waals surface area contributed by atoms with Gasteiger partial charge in [-0.2, -0.15) is 0 Å². The zero-order valence-corrected chi connectivity index (χ0v) is 18.2. The van der Waals surface area contributed by atoms with Gasteiger partial charge in [0, 0.05) is 31.0 Å². The molecule has 0 bridgehead atoms. The van der Waals surface area contributed by atoms with E-state index in [0.29, 0.717) is 28.3 Å². The molecule has 2 aliphatic rings. The van der Waals surface area contributed by atoms with Gasteiger partial charge in [-0.3, -0.25) is 14.9 Å². The lowest BCUT2D eigenvalue weighted by atomic mass is 9.91. The van der Waals surface area contributed by atoms with Gasteiger partial charge >= 0.3 is 0 Å². The fourth-order valence-corrected chi connectivity index (χ4v) is 4.52. The number of hydrogen-bond donors (Lipinski definition) is 1. The summed E-state index contributed by atoms with van der Waals surface area (Å²) in [6.45, 7) is 1.83. The van der Waals surface area contributed by atoms with Crippen molar-refractivity contribution in [1.29, 1.82) is 0 Å². The molecule has 0 atom stereocenters. The number of imide groups is 1. The first-order valence-electron chi connectivity index (χ1n) is 10.4. The Balaban J connectivity index is 1.27. The maximum atomic E-state index is 11.7. The zero-order valence-electron chi connectivity index (χ0n) is 17.4. The van der Waals surface area contributed by atoms with Crippen molar-refractivity contribution in [3.05, 3.63) is 46.8 Å². The summed E-state index contributed by atoms with van der Waals surface area (Å²) in [6.07, 6.45) is 8.80. The lowest BCUT2D eigenvalue weighted by Gasteiger charge is -2.32. The number of ether oxygens (including phenoxy) is 1. The van der Waals surface area contributed by atoms with E-state index in [2.05, 4.69) is 25.2 Å². The first-order chi connectivity index (χ1) is 15.1. The highest BCUT2D eigenvalue weighted by molar-refractivity contribution is 8.18. The number of amides is 2. The van der Waals surface area contributed by atoms with E-state index < -0.39 is 0 Å². The van der Waals surface area contributed by atoms with Gasteiger partial charge < -0.3 is 9.64 Å². The Bertz CT molecular complexity index is 989. The zero-order chi connectivity index (χ0) is 21.6. The molecule has 0 spiro atoms. The number of carbonyl (C=O) groups is 2. The van der Waals surface area contributed by atoms with Crippen molar-refractivity contribution < 1.29 is 14.3 Å². The normalized spacial score (nSPS) is 18.5. The van der Waals surface area contributed by atoms with Crippen LogP contribution in [-0.4, -0.2) is 46.3 Å². The van der Waals surface area contributed by atoms with Crippen LogP contribution in [0.3, 0.4) is 0 Å². The Morgan fingerprint density at radius 1 is 1.23 bits per heavy atom. The van der Waals surface area contributed by atoms with Crippen LogP contribution < -0.4 is 15.0 Å². The van der Waals surface area contributed by atoms with E-state index >= 15 is 0 Å². The van der Waals surface area contributed by atoms with Gasteiger partial charge in [0.25, 0.3) is 11.1 Å². The minimum absolute atomic E-state index is 0.352. The second-order valence-corrected chi connectivity index (χ2v) is 8.64. The Labute approximate surface area is 185 Å². The highest BCUT2D eigenvalue weighted by Crippen LogP contribution is 2.27. The molecule has 8 nitrogen and oxygen atoms in total. The summed E-state index contributed by atoms with van der Waals surface area (Å²) < 4.78 is 5.19. The fraction of sp³-hybridized carbons (Fsp3) is 0.409. The number of aromatic nitrogens is 3. The fourth-order valence-electron chi connectivity index (χ4n) is 3.85. The molecular formula is C22H25N5O3S. The van der Waals surface area contributed by atoms with Crippen molar-refractivity contribution in [1.82, 2.24) is 20.3 Å². The molecule has 2 saturated heterocycles. The van der Waals surface area contributed by atoms with E-state index in [4.69, 9.17) is 4.74 Å². The van der Waals surface area contributed by atoms with Crippen molar-refractivity contribution in [3.63, 3.8) is 0 Å². The SMILES string of the molecule is COc1cccc(CCCC2CCN(c3nccc(/C=C4\SC(=O)NC4=O)n3)CC2)n1. The number of methoxy groups -OCH3 is 1. The molecule has 0 aliphatic carbocycles. The Morgan fingerprint density at radius 2 is 2.06 bits per heavy atom. The number of nitrogens with one attached hydrogen (secondary N) is 1. The average Bonchev–Trinajstić information content (AvgIpc) is 3.11. The van der Waals surface area contributed by atoms with Crippen molar-refractivity contribution in [3.8, 4) is 5.88 Å². The lowest BCUT2D eigenvalue weighted by Crippen LogP contribution is -2.35. The maximum Gasteiger partial charge on any atom is 0.290 e. The number of carbonyl (C=O) groups excluding carboxylic acids is 2. The highest BCUT2D eigenvalue weighted by atomic mass is 32.2. The third-order valence-electron chi connectivity index (χ3n) is 5.52. The van der Waals surface area contributed by atoms with Gasteiger partial charge in [0.2, 0.25) is 11.8 Å². The summed E-state index contributed by atoms with van der Waals surface area (Å²) in [7, 11) is 1.64. The van der Waals surface area contributed by atoms with Gasteiger partial charge in [-0.1, -0.05) is 6.07 Å². The van der Waals surface area contributed by atoms with Crippen LogP contribution in [0.5, 0.6) is 5.88 Å². The second kappa shape index (κ2) is 9.91.